The van der Waals surface area contributed by atoms with E-state index >= 15 is 0 Å². The van der Waals surface area contributed by atoms with Crippen molar-refractivity contribution in [2.24, 2.45) is 0 Å². The number of piperidine rings is 1. The van der Waals surface area contributed by atoms with Crippen LogP contribution in [0.1, 0.15) is 48.7 Å². The fourth-order valence-corrected chi connectivity index (χ4v) is 3.54. The van der Waals surface area contributed by atoms with E-state index in [0.29, 0.717) is 16.9 Å². The second-order valence-corrected chi connectivity index (χ2v) is 7.55. The molecule has 134 valence electrons. The summed E-state index contributed by atoms with van der Waals surface area (Å²) in [6, 6.07) is 6.86. The van der Waals surface area contributed by atoms with Gasteiger partial charge in [0.1, 0.15) is 17.9 Å². The molecule has 2 aliphatic rings. The number of nitriles is 1. The van der Waals surface area contributed by atoms with Gasteiger partial charge in [0.05, 0.1) is 18.2 Å². The first-order chi connectivity index (χ1) is 11.9. The predicted octanol–water partition coefficient (Wildman–Crippen LogP) is 1.95. The molecule has 1 aromatic carbocycles. The third-order valence-corrected chi connectivity index (χ3v) is 5.15. The standard InChI is InChI=1S/C19H25N3O3/c1-19(2,12-23)22-17(11-20)16-10-14(4-5-15(16)18(22)24)25-13-6-8-21(3)9-7-13/h4-5,10,13,17,23H,6-9,12H2,1-3H3. The lowest BCUT2D eigenvalue weighted by molar-refractivity contribution is 0.0337. The van der Waals surface area contributed by atoms with Gasteiger partial charge in [0, 0.05) is 24.2 Å². The second kappa shape index (κ2) is 6.66. The van der Waals surface area contributed by atoms with Crippen LogP contribution in [0.2, 0.25) is 0 Å². The molecule has 25 heavy (non-hydrogen) atoms. The third-order valence-electron chi connectivity index (χ3n) is 5.15. The Morgan fingerprint density at radius 2 is 2.04 bits per heavy atom. The summed E-state index contributed by atoms with van der Waals surface area (Å²) < 4.78 is 6.09. The normalized spacial score (nSPS) is 22.0. The summed E-state index contributed by atoms with van der Waals surface area (Å²) in [5.74, 6) is 0.483. The molecular formula is C19H25N3O3. The molecule has 1 fully saturated rings. The van der Waals surface area contributed by atoms with Gasteiger partial charge in [-0.25, -0.2) is 0 Å². The van der Waals surface area contributed by atoms with Crippen LogP contribution >= 0.6 is 0 Å². The molecule has 0 radical (unpaired) electrons. The van der Waals surface area contributed by atoms with Crippen molar-refractivity contribution in [3.8, 4) is 11.8 Å². The fourth-order valence-electron chi connectivity index (χ4n) is 3.54. The highest BCUT2D eigenvalue weighted by Gasteiger charge is 2.44. The number of ether oxygens (including phenoxy) is 1. The number of hydrogen-bond acceptors (Lipinski definition) is 5. The molecule has 6 nitrogen and oxygen atoms in total. The van der Waals surface area contributed by atoms with Crippen molar-refractivity contribution in [1.29, 1.82) is 5.26 Å². The number of carbonyl (C=O) groups excluding carboxylic acids is 1. The minimum absolute atomic E-state index is 0.164. The molecule has 0 aliphatic carbocycles. The lowest BCUT2D eigenvalue weighted by Gasteiger charge is -2.36. The van der Waals surface area contributed by atoms with Crippen molar-refractivity contribution in [2.45, 2.75) is 44.4 Å². The van der Waals surface area contributed by atoms with Crippen LogP contribution in [0.3, 0.4) is 0 Å². The van der Waals surface area contributed by atoms with E-state index in [1.54, 1.807) is 26.0 Å². The van der Waals surface area contributed by atoms with E-state index in [2.05, 4.69) is 18.0 Å². The molecule has 0 spiro atoms. The molecule has 2 aliphatic heterocycles. The highest BCUT2D eigenvalue weighted by Crippen LogP contribution is 2.40. The van der Waals surface area contributed by atoms with E-state index in [4.69, 9.17) is 4.74 Å². The number of carbonyl (C=O) groups is 1. The maximum atomic E-state index is 12.7. The number of hydrogen-bond donors (Lipinski definition) is 1. The number of fused-ring (bicyclic) bond motifs is 1. The van der Waals surface area contributed by atoms with Crippen LogP contribution in [0.25, 0.3) is 0 Å². The molecule has 1 amide bonds. The van der Waals surface area contributed by atoms with Crippen molar-refractivity contribution in [3.63, 3.8) is 0 Å². The number of amides is 1. The Hall–Kier alpha value is -2.10. The van der Waals surface area contributed by atoms with Crippen molar-refractivity contribution in [3.05, 3.63) is 29.3 Å². The van der Waals surface area contributed by atoms with Gasteiger partial charge in [-0.15, -0.1) is 0 Å². The minimum atomic E-state index is -0.800. The highest BCUT2D eigenvalue weighted by atomic mass is 16.5. The lowest BCUT2D eigenvalue weighted by atomic mass is 10.0. The summed E-state index contributed by atoms with van der Waals surface area (Å²) in [6.45, 7) is 5.33. The Morgan fingerprint density at radius 1 is 1.36 bits per heavy atom. The van der Waals surface area contributed by atoms with E-state index in [0.717, 1.165) is 25.9 Å². The number of rotatable bonds is 4. The van der Waals surface area contributed by atoms with Gasteiger partial charge < -0.3 is 19.6 Å². The maximum Gasteiger partial charge on any atom is 0.256 e. The molecule has 1 aromatic rings. The van der Waals surface area contributed by atoms with E-state index in [1.165, 1.54) is 4.90 Å². The Balaban J connectivity index is 1.85. The first-order valence-corrected chi connectivity index (χ1v) is 8.70. The average molecular weight is 343 g/mol. The Bertz CT molecular complexity index is 702. The van der Waals surface area contributed by atoms with Gasteiger partial charge in [-0.3, -0.25) is 4.79 Å². The summed E-state index contributed by atoms with van der Waals surface area (Å²) in [5, 5.41) is 19.3. The number of benzene rings is 1. The molecular weight excluding hydrogens is 318 g/mol. The smallest absolute Gasteiger partial charge is 0.256 e. The zero-order valence-electron chi connectivity index (χ0n) is 15.0. The van der Waals surface area contributed by atoms with Gasteiger partial charge in [0.15, 0.2) is 0 Å². The zero-order valence-corrected chi connectivity index (χ0v) is 15.0. The first-order valence-electron chi connectivity index (χ1n) is 8.70. The van der Waals surface area contributed by atoms with Gasteiger partial charge in [-0.2, -0.15) is 5.26 Å². The van der Waals surface area contributed by atoms with Crippen LogP contribution in [0.4, 0.5) is 0 Å². The summed E-state index contributed by atoms with van der Waals surface area (Å²) in [4.78, 5) is 16.5. The highest BCUT2D eigenvalue weighted by molar-refractivity contribution is 6.00. The van der Waals surface area contributed by atoms with Crippen molar-refractivity contribution >= 4 is 5.91 Å². The van der Waals surface area contributed by atoms with Crippen molar-refractivity contribution in [1.82, 2.24) is 9.80 Å². The van der Waals surface area contributed by atoms with Gasteiger partial charge in [0.25, 0.3) is 5.91 Å². The van der Waals surface area contributed by atoms with Crippen LogP contribution in [0.5, 0.6) is 5.75 Å². The molecule has 6 heteroatoms. The average Bonchev–Trinajstić information content (AvgIpc) is 2.89. The predicted molar refractivity (Wildman–Crippen MR) is 93.3 cm³/mol. The second-order valence-electron chi connectivity index (χ2n) is 7.55. The monoisotopic (exact) mass is 343 g/mol. The van der Waals surface area contributed by atoms with Gasteiger partial charge in [-0.1, -0.05) is 0 Å². The molecule has 2 heterocycles. The molecule has 1 N–H and O–H groups in total. The summed E-state index contributed by atoms with van der Waals surface area (Å²) in [7, 11) is 2.10. The lowest BCUT2D eigenvalue weighted by Crippen LogP contribution is -2.48. The minimum Gasteiger partial charge on any atom is -0.490 e. The van der Waals surface area contributed by atoms with Crippen LogP contribution in [0.15, 0.2) is 18.2 Å². The van der Waals surface area contributed by atoms with E-state index < -0.39 is 11.6 Å². The summed E-state index contributed by atoms with van der Waals surface area (Å²) in [6.07, 6.45) is 2.10. The molecule has 1 saturated heterocycles. The molecule has 1 unspecified atom stereocenters. The van der Waals surface area contributed by atoms with Gasteiger partial charge in [0.2, 0.25) is 0 Å². The molecule has 0 aromatic heterocycles. The van der Waals surface area contributed by atoms with Gasteiger partial charge >= 0.3 is 0 Å². The third kappa shape index (κ3) is 3.22. The van der Waals surface area contributed by atoms with Crippen LogP contribution in [-0.2, 0) is 0 Å². The molecule has 0 saturated carbocycles. The Kier molecular flexibility index (Phi) is 4.72. The van der Waals surface area contributed by atoms with Gasteiger partial charge in [-0.05, 0) is 51.9 Å². The molecule has 3 rings (SSSR count). The number of likely N-dealkylation sites (tertiary alicyclic amines) is 1. The molecule has 0 bridgehead atoms. The fraction of sp³-hybridized carbons (Fsp3) is 0.579. The zero-order chi connectivity index (χ0) is 18.2. The number of nitrogens with zero attached hydrogens (tertiary/aromatic N) is 3. The van der Waals surface area contributed by atoms with Crippen LogP contribution in [0, 0.1) is 11.3 Å². The van der Waals surface area contributed by atoms with Crippen LogP contribution < -0.4 is 4.74 Å². The van der Waals surface area contributed by atoms with E-state index in [1.807, 2.05) is 6.07 Å². The van der Waals surface area contributed by atoms with Crippen molar-refractivity contribution < 1.29 is 14.6 Å². The quantitative estimate of drug-likeness (QED) is 0.904. The Labute approximate surface area is 148 Å². The molecule has 1 atom stereocenters. The first kappa shape index (κ1) is 17.7. The maximum absolute atomic E-state index is 12.7. The van der Waals surface area contributed by atoms with E-state index in [-0.39, 0.29) is 18.6 Å². The largest absolute Gasteiger partial charge is 0.490 e. The topological polar surface area (TPSA) is 76.8 Å². The van der Waals surface area contributed by atoms with Crippen LogP contribution in [-0.4, -0.2) is 59.2 Å². The Morgan fingerprint density at radius 3 is 2.64 bits per heavy atom. The number of aliphatic hydroxyl groups is 1. The summed E-state index contributed by atoms with van der Waals surface area (Å²) in [5.41, 5.74) is 0.383. The summed E-state index contributed by atoms with van der Waals surface area (Å²) >= 11 is 0. The van der Waals surface area contributed by atoms with E-state index in [9.17, 15) is 15.2 Å². The SMILES string of the molecule is CN1CCC(Oc2ccc3c(c2)C(C#N)N(C(C)(C)CO)C3=O)CC1. The van der Waals surface area contributed by atoms with Crippen molar-refractivity contribution in [2.75, 3.05) is 26.7 Å². The number of aliphatic hydroxyl groups excluding tert-OH is 1.